The molecule has 6 nitrogen and oxygen atoms in total. The van der Waals surface area contributed by atoms with E-state index in [0.29, 0.717) is 25.9 Å². The zero-order valence-electron chi connectivity index (χ0n) is 11.8. The van der Waals surface area contributed by atoms with Gasteiger partial charge < -0.3 is 4.90 Å². The van der Waals surface area contributed by atoms with Gasteiger partial charge in [-0.05, 0) is 18.6 Å². The van der Waals surface area contributed by atoms with E-state index in [1.165, 1.54) is 16.6 Å². The third-order valence-electron chi connectivity index (χ3n) is 3.42. The van der Waals surface area contributed by atoms with Crippen molar-refractivity contribution >= 4 is 15.9 Å². The minimum Gasteiger partial charge on any atom is -0.341 e. The summed E-state index contributed by atoms with van der Waals surface area (Å²) in [5.74, 6) is -0.860. The second-order valence-corrected chi connectivity index (χ2v) is 6.64. The Balaban J connectivity index is 2.19. The van der Waals surface area contributed by atoms with Crippen LogP contribution in [0.2, 0.25) is 0 Å². The van der Waals surface area contributed by atoms with Crippen LogP contribution in [0.3, 0.4) is 0 Å². The Bertz CT molecular complexity index is 621. The summed E-state index contributed by atoms with van der Waals surface area (Å²) in [6.45, 7) is 3.02. The van der Waals surface area contributed by atoms with Crippen LogP contribution in [0, 0.1) is 5.82 Å². The predicted octanol–water partition coefficient (Wildman–Crippen LogP) is 0.854. The molecule has 2 heterocycles. The summed E-state index contributed by atoms with van der Waals surface area (Å²) < 4.78 is 39.7. The lowest BCUT2D eigenvalue weighted by Crippen LogP contribution is -2.37. The normalized spacial score (nSPS) is 17.5. The van der Waals surface area contributed by atoms with E-state index < -0.39 is 20.9 Å². The number of nitrogens with zero attached hydrogens (tertiary/aromatic N) is 3. The number of pyridine rings is 1. The van der Waals surface area contributed by atoms with E-state index in [2.05, 4.69) is 4.98 Å². The smallest absolute Gasteiger partial charge is 0.263 e. The third-order valence-corrected chi connectivity index (χ3v) is 5.25. The molecule has 0 saturated carbocycles. The monoisotopic (exact) mass is 315 g/mol. The number of aromatic nitrogens is 1. The van der Waals surface area contributed by atoms with E-state index in [-0.39, 0.29) is 19.0 Å². The van der Waals surface area contributed by atoms with Crippen LogP contribution in [0.4, 0.5) is 4.39 Å². The van der Waals surface area contributed by atoms with Crippen LogP contribution in [-0.2, 0) is 14.8 Å². The maximum atomic E-state index is 13.7. The molecule has 1 aromatic rings. The highest BCUT2D eigenvalue weighted by Gasteiger charge is 2.30. The standard InChI is InChI=1S/C13H18FN3O3S/c1-2-12(18)16-7-4-8-17(10-9-16)21(19,20)13-11(14)5-3-6-15-13/h3,5-6H,2,4,7-10H2,1H3. The Morgan fingerprint density at radius 2 is 2.10 bits per heavy atom. The molecule has 116 valence electrons. The maximum absolute atomic E-state index is 13.7. The minimum absolute atomic E-state index is 0.00161. The molecule has 0 N–H and O–H groups in total. The van der Waals surface area contributed by atoms with Crippen LogP contribution in [0.15, 0.2) is 23.4 Å². The Morgan fingerprint density at radius 1 is 1.33 bits per heavy atom. The second kappa shape index (κ2) is 6.48. The van der Waals surface area contributed by atoms with Crippen molar-refractivity contribution in [1.82, 2.24) is 14.2 Å². The SMILES string of the molecule is CCC(=O)N1CCCN(S(=O)(=O)c2ncccc2F)CC1. The molecule has 0 radical (unpaired) electrons. The van der Waals surface area contributed by atoms with Crippen LogP contribution in [0.25, 0.3) is 0 Å². The Labute approximate surface area is 123 Å². The highest BCUT2D eigenvalue weighted by molar-refractivity contribution is 7.89. The quantitative estimate of drug-likeness (QED) is 0.829. The summed E-state index contributed by atoms with van der Waals surface area (Å²) in [4.78, 5) is 17.0. The van der Waals surface area contributed by atoms with Gasteiger partial charge in [0.15, 0.2) is 5.82 Å². The van der Waals surface area contributed by atoms with Crippen molar-refractivity contribution in [3.8, 4) is 0 Å². The largest absolute Gasteiger partial charge is 0.341 e. The molecule has 1 saturated heterocycles. The lowest BCUT2D eigenvalue weighted by Gasteiger charge is -2.21. The van der Waals surface area contributed by atoms with Gasteiger partial charge in [0.25, 0.3) is 10.0 Å². The van der Waals surface area contributed by atoms with Gasteiger partial charge in [0.05, 0.1) is 0 Å². The Kier molecular flexibility index (Phi) is 4.89. The first-order chi connectivity index (χ1) is 9.96. The molecule has 1 aliphatic heterocycles. The van der Waals surface area contributed by atoms with Crippen molar-refractivity contribution in [3.63, 3.8) is 0 Å². The summed E-state index contributed by atoms with van der Waals surface area (Å²) in [7, 11) is -3.96. The molecule has 0 unspecified atom stereocenters. The number of hydrogen-bond acceptors (Lipinski definition) is 4. The molecule has 0 aliphatic carbocycles. The first kappa shape index (κ1) is 15.8. The average Bonchev–Trinajstić information content (AvgIpc) is 2.73. The van der Waals surface area contributed by atoms with Gasteiger partial charge in [-0.1, -0.05) is 6.92 Å². The zero-order valence-corrected chi connectivity index (χ0v) is 12.6. The highest BCUT2D eigenvalue weighted by atomic mass is 32.2. The van der Waals surface area contributed by atoms with Crippen molar-refractivity contribution in [1.29, 1.82) is 0 Å². The van der Waals surface area contributed by atoms with Gasteiger partial charge in [0, 0.05) is 38.8 Å². The van der Waals surface area contributed by atoms with Gasteiger partial charge in [-0.25, -0.2) is 17.8 Å². The first-order valence-corrected chi connectivity index (χ1v) is 8.29. The summed E-state index contributed by atoms with van der Waals surface area (Å²) in [5, 5.41) is -0.555. The fourth-order valence-corrected chi connectivity index (χ4v) is 3.74. The van der Waals surface area contributed by atoms with Crippen molar-refractivity contribution < 1.29 is 17.6 Å². The van der Waals surface area contributed by atoms with Crippen molar-refractivity contribution in [2.24, 2.45) is 0 Å². The van der Waals surface area contributed by atoms with Crippen LogP contribution < -0.4 is 0 Å². The zero-order chi connectivity index (χ0) is 15.5. The third kappa shape index (κ3) is 3.38. The van der Waals surface area contributed by atoms with E-state index in [0.717, 1.165) is 6.07 Å². The van der Waals surface area contributed by atoms with Gasteiger partial charge in [0.1, 0.15) is 0 Å². The molecular weight excluding hydrogens is 297 g/mol. The number of sulfonamides is 1. The van der Waals surface area contributed by atoms with Gasteiger partial charge in [-0.2, -0.15) is 4.31 Å². The molecule has 1 fully saturated rings. The lowest BCUT2D eigenvalue weighted by atomic mass is 10.3. The number of halogens is 1. The molecule has 0 bridgehead atoms. The fraction of sp³-hybridized carbons (Fsp3) is 0.538. The number of amides is 1. The highest BCUT2D eigenvalue weighted by Crippen LogP contribution is 2.18. The van der Waals surface area contributed by atoms with Gasteiger partial charge in [-0.15, -0.1) is 0 Å². The van der Waals surface area contributed by atoms with E-state index in [9.17, 15) is 17.6 Å². The van der Waals surface area contributed by atoms with Crippen molar-refractivity contribution in [2.45, 2.75) is 24.8 Å². The second-order valence-electron chi connectivity index (χ2n) is 4.78. The van der Waals surface area contributed by atoms with Crippen LogP contribution in [0.5, 0.6) is 0 Å². The molecule has 0 aromatic carbocycles. The molecule has 21 heavy (non-hydrogen) atoms. The molecule has 1 amide bonds. The summed E-state index contributed by atoms with van der Waals surface area (Å²) in [5.41, 5.74) is 0. The van der Waals surface area contributed by atoms with E-state index in [1.54, 1.807) is 11.8 Å². The maximum Gasteiger partial charge on any atom is 0.263 e. The molecule has 1 aromatic heterocycles. The van der Waals surface area contributed by atoms with E-state index in [1.807, 2.05) is 0 Å². The lowest BCUT2D eigenvalue weighted by molar-refractivity contribution is -0.130. The topological polar surface area (TPSA) is 70.6 Å². The molecule has 2 rings (SSSR count). The van der Waals surface area contributed by atoms with E-state index in [4.69, 9.17) is 0 Å². The minimum atomic E-state index is -3.96. The number of hydrogen-bond donors (Lipinski definition) is 0. The van der Waals surface area contributed by atoms with Crippen LogP contribution >= 0.6 is 0 Å². The van der Waals surface area contributed by atoms with Crippen molar-refractivity contribution in [2.75, 3.05) is 26.2 Å². The fourth-order valence-electron chi connectivity index (χ4n) is 2.29. The predicted molar refractivity (Wildman–Crippen MR) is 74.4 cm³/mol. The molecule has 0 atom stereocenters. The number of carbonyl (C=O) groups excluding carboxylic acids is 1. The van der Waals surface area contributed by atoms with Crippen LogP contribution in [-0.4, -0.2) is 54.7 Å². The Morgan fingerprint density at radius 3 is 2.76 bits per heavy atom. The first-order valence-electron chi connectivity index (χ1n) is 6.85. The Hall–Kier alpha value is -1.54. The van der Waals surface area contributed by atoms with Crippen LogP contribution in [0.1, 0.15) is 19.8 Å². The molecule has 1 aliphatic rings. The van der Waals surface area contributed by atoms with Gasteiger partial charge in [0.2, 0.25) is 10.9 Å². The summed E-state index contributed by atoms with van der Waals surface area (Å²) in [6.07, 6.45) is 2.17. The van der Waals surface area contributed by atoms with E-state index >= 15 is 0 Å². The van der Waals surface area contributed by atoms with Gasteiger partial charge >= 0.3 is 0 Å². The molecular formula is C13H18FN3O3S. The number of rotatable bonds is 3. The van der Waals surface area contributed by atoms with Gasteiger partial charge in [-0.3, -0.25) is 4.79 Å². The molecule has 8 heteroatoms. The van der Waals surface area contributed by atoms with Crippen molar-refractivity contribution in [3.05, 3.63) is 24.1 Å². The summed E-state index contributed by atoms with van der Waals surface area (Å²) in [6, 6.07) is 2.42. The summed E-state index contributed by atoms with van der Waals surface area (Å²) >= 11 is 0. The average molecular weight is 315 g/mol. The molecule has 0 spiro atoms. The number of carbonyl (C=O) groups is 1.